The number of hydrogen-bond donors (Lipinski definition) is 1. The Kier molecular flexibility index (Phi) is 2.44. The number of furan rings is 1. The Labute approximate surface area is 120 Å². The fourth-order valence-electron chi connectivity index (χ4n) is 2.60. The summed E-state index contributed by atoms with van der Waals surface area (Å²) in [4.78, 5) is 0. The predicted molar refractivity (Wildman–Crippen MR) is 81.3 cm³/mol. The van der Waals surface area contributed by atoms with Gasteiger partial charge in [0, 0.05) is 28.0 Å². The lowest BCUT2D eigenvalue weighted by Gasteiger charge is -2.04. The minimum Gasteiger partial charge on any atom is -0.497 e. The van der Waals surface area contributed by atoms with Gasteiger partial charge >= 0.3 is 0 Å². The van der Waals surface area contributed by atoms with Crippen LogP contribution >= 0.6 is 0 Å². The van der Waals surface area contributed by atoms with Gasteiger partial charge in [0.2, 0.25) is 5.88 Å². The SMILES string of the molecule is COc1ccc2cn(-c3ccc4occc4c3)c(O)c2c1. The molecule has 0 aliphatic carbocycles. The summed E-state index contributed by atoms with van der Waals surface area (Å²) in [5.74, 6) is 0.924. The number of nitrogens with zero attached hydrogens (tertiary/aromatic N) is 1. The Hall–Kier alpha value is -2.88. The lowest BCUT2D eigenvalue weighted by molar-refractivity contribution is 0.414. The van der Waals surface area contributed by atoms with E-state index in [1.807, 2.05) is 48.7 Å². The van der Waals surface area contributed by atoms with Crippen LogP contribution in [0.1, 0.15) is 0 Å². The van der Waals surface area contributed by atoms with Crippen LogP contribution in [0.5, 0.6) is 11.6 Å². The van der Waals surface area contributed by atoms with Crippen molar-refractivity contribution in [2.45, 2.75) is 0 Å². The van der Waals surface area contributed by atoms with Crippen LogP contribution in [0.2, 0.25) is 0 Å². The average molecular weight is 279 g/mol. The van der Waals surface area contributed by atoms with E-state index in [0.717, 1.165) is 33.2 Å². The molecule has 0 saturated heterocycles. The van der Waals surface area contributed by atoms with Gasteiger partial charge < -0.3 is 14.3 Å². The van der Waals surface area contributed by atoms with E-state index in [2.05, 4.69) is 0 Å². The van der Waals surface area contributed by atoms with E-state index in [9.17, 15) is 5.11 Å². The first kappa shape index (κ1) is 11.9. The van der Waals surface area contributed by atoms with E-state index < -0.39 is 0 Å². The van der Waals surface area contributed by atoms with Gasteiger partial charge in [-0.25, -0.2) is 0 Å². The third-order valence-electron chi connectivity index (χ3n) is 3.71. The molecule has 2 aromatic carbocycles. The molecule has 4 aromatic rings. The topological polar surface area (TPSA) is 47.5 Å². The molecular formula is C17H13NO3. The first-order valence-electron chi connectivity index (χ1n) is 6.62. The third-order valence-corrected chi connectivity index (χ3v) is 3.71. The van der Waals surface area contributed by atoms with E-state index in [4.69, 9.17) is 9.15 Å². The van der Waals surface area contributed by atoms with Crippen molar-refractivity contribution in [3.05, 3.63) is 54.9 Å². The number of rotatable bonds is 2. The van der Waals surface area contributed by atoms with Crippen molar-refractivity contribution in [2.75, 3.05) is 7.11 Å². The number of fused-ring (bicyclic) bond motifs is 2. The van der Waals surface area contributed by atoms with Crippen LogP contribution in [0.3, 0.4) is 0 Å². The Balaban J connectivity index is 1.94. The molecule has 4 nitrogen and oxygen atoms in total. The van der Waals surface area contributed by atoms with Gasteiger partial charge in [0.25, 0.3) is 0 Å². The Morgan fingerprint density at radius 1 is 1.05 bits per heavy atom. The summed E-state index contributed by atoms with van der Waals surface area (Å²) in [7, 11) is 1.61. The Morgan fingerprint density at radius 3 is 2.81 bits per heavy atom. The standard InChI is InChI=1S/C17H13NO3/c1-20-14-4-2-12-10-18(17(19)15(12)9-14)13-3-5-16-11(8-13)6-7-21-16/h2-10,19H,1H3. The minimum atomic E-state index is 0.201. The van der Waals surface area contributed by atoms with Gasteiger partial charge in [0.1, 0.15) is 11.3 Å². The van der Waals surface area contributed by atoms with Gasteiger partial charge in [-0.2, -0.15) is 0 Å². The maximum Gasteiger partial charge on any atom is 0.203 e. The Morgan fingerprint density at radius 2 is 1.95 bits per heavy atom. The van der Waals surface area contributed by atoms with Crippen molar-refractivity contribution in [3.63, 3.8) is 0 Å². The third kappa shape index (κ3) is 1.76. The molecule has 2 heterocycles. The summed E-state index contributed by atoms with van der Waals surface area (Å²) in [6.45, 7) is 0. The maximum absolute atomic E-state index is 10.5. The molecule has 0 spiro atoms. The summed E-state index contributed by atoms with van der Waals surface area (Å²) in [5, 5.41) is 13.2. The zero-order valence-corrected chi connectivity index (χ0v) is 11.4. The number of ether oxygens (including phenoxy) is 1. The number of aromatic nitrogens is 1. The van der Waals surface area contributed by atoms with Gasteiger partial charge in [-0.1, -0.05) is 0 Å². The zero-order chi connectivity index (χ0) is 14.4. The fourth-order valence-corrected chi connectivity index (χ4v) is 2.60. The largest absolute Gasteiger partial charge is 0.497 e. The maximum atomic E-state index is 10.5. The molecule has 2 aromatic heterocycles. The quantitative estimate of drug-likeness (QED) is 0.601. The fraction of sp³-hybridized carbons (Fsp3) is 0.0588. The van der Waals surface area contributed by atoms with Crippen molar-refractivity contribution in [3.8, 4) is 17.3 Å². The molecule has 0 saturated carbocycles. The molecule has 104 valence electrons. The number of hydrogen-bond acceptors (Lipinski definition) is 3. The van der Waals surface area contributed by atoms with Crippen molar-refractivity contribution in [1.82, 2.24) is 4.57 Å². The second-order valence-corrected chi connectivity index (χ2v) is 4.92. The lowest BCUT2D eigenvalue weighted by Crippen LogP contribution is -1.90. The molecule has 1 N–H and O–H groups in total. The van der Waals surface area contributed by atoms with Gasteiger partial charge in [-0.15, -0.1) is 0 Å². The molecular weight excluding hydrogens is 266 g/mol. The Bertz CT molecular complexity index is 949. The van der Waals surface area contributed by atoms with Crippen LogP contribution in [0.4, 0.5) is 0 Å². The van der Waals surface area contributed by atoms with Gasteiger partial charge in [0.05, 0.1) is 13.4 Å². The van der Waals surface area contributed by atoms with E-state index >= 15 is 0 Å². The highest BCUT2D eigenvalue weighted by molar-refractivity contribution is 5.90. The van der Waals surface area contributed by atoms with Crippen LogP contribution in [0.15, 0.2) is 59.3 Å². The van der Waals surface area contributed by atoms with Crippen LogP contribution in [-0.4, -0.2) is 16.8 Å². The molecule has 0 aliphatic rings. The monoisotopic (exact) mass is 279 g/mol. The molecule has 0 unspecified atom stereocenters. The summed E-state index contributed by atoms with van der Waals surface area (Å²) in [6, 6.07) is 13.3. The second-order valence-electron chi connectivity index (χ2n) is 4.92. The van der Waals surface area contributed by atoms with E-state index in [-0.39, 0.29) is 5.88 Å². The van der Waals surface area contributed by atoms with Crippen LogP contribution in [0.25, 0.3) is 27.4 Å². The highest BCUT2D eigenvalue weighted by Crippen LogP contribution is 2.33. The van der Waals surface area contributed by atoms with Crippen LogP contribution in [0, 0.1) is 0 Å². The number of aromatic hydroxyl groups is 1. The molecule has 21 heavy (non-hydrogen) atoms. The molecule has 0 atom stereocenters. The highest BCUT2D eigenvalue weighted by Gasteiger charge is 2.11. The van der Waals surface area contributed by atoms with E-state index in [1.165, 1.54) is 0 Å². The number of benzene rings is 2. The normalized spacial score (nSPS) is 11.3. The summed E-state index contributed by atoms with van der Waals surface area (Å²) < 4.78 is 12.3. The summed E-state index contributed by atoms with van der Waals surface area (Å²) in [5.41, 5.74) is 1.72. The molecule has 0 bridgehead atoms. The molecule has 0 fully saturated rings. The van der Waals surface area contributed by atoms with Gasteiger partial charge in [-0.3, -0.25) is 4.57 Å². The molecule has 4 heteroatoms. The van der Waals surface area contributed by atoms with Crippen LogP contribution in [-0.2, 0) is 0 Å². The minimum absolute atomic E-state index is 0.201. The van der Waals surface area contributed by atoms with E-state index in [1.54, 1.807) is 17.9 Å². The lowest BCUT2D eigenvalue weighted by atomic mass is 10.2. The predicted octanol–water partition coefficient (Wildman–Crippen LogP) is 4.09. The van der Waals surface area contributed by atoms with Crippen molar-refractivity contribution < 1.29 is 14.3 Å². The highest BCUT2D eigenvalue weighted by atomic mass is 16.5. The first-order chi connectivity index (χ1) is 10.3. The van der Waals surface area contributed by atoms with Gasteiger partial charge in [-0.05, 0) is 42.5 Å². The summed E-state index contributed by atoms with van der Waals surface area (Å²) >= 11 is 0. The smallest absolute Gasteiger partial charge is 0.203 e. The van der Waals surface area contributed by atoms with Crippen molar-refractivity contribution in [1.29, 1.82) is 0 Å². The van der Waals surface area contributed by atoms with E-state index in [0.29, 0.717) is 0 Å². The van der Waals surface area contributed by atoms with Crippen molar-refractivity contribution >= 4 is 21.7 Å². The molecule has 4 rings (SSSR count). The zero-order valence-electron chi connectivity index (χ0n) is 11.4. The summed E-state index contributed by atoms with van der Waals surface area (Å²) in [6.07, 6.45) is 3.57. The van der Waals surface area contributed by atoms with Gasteiger partial charge in [0.15, 0.2) is 0 Å². The molecule has 0 aliphatic heterocycles. The molecule has 0 radical (unpaired) electrons. The first-order valence-corrected chi connectivity index (χ1v) is 6.62. The second kappa shape index (κ2) is 4.31. The average Bonchev–Trinajstić information content (AvgIpc) is 3.11. The van der Waals surface area contributed by atoms with Crippen molar-refractivity contribution in [2.24, 2.45) is 0 Å². The number of methoxy groups -OCH3 is 1. The van der Waals surface area contributed by atoms with Crippen LogP contribution < -0.4 is 4.74 Å². The molecule has 0 amide bonds.